The summed E-state index contributed by atoms with van der Waals surface area (Å²) in [4.78, 5) is 25.7. The van der Waals surface area contributed by atoms with E-state index in [1.807, 2.05) is 0 Å². The number of unbranched alkanes of at least 4 members (excludes halogenated alkanes) is 3. The van der Waals surface area contributed by atoms with Crippen molar-refractivity contribution in [2.45, 2.75) is 57.7 Å². The molecule has 1 unspecified atom stereocenters. The van der Waals surface area contributed by atoms with Gasteiger partial charge in [0.1, 0.15) is 12.4 Å². The van der Waals surface area contributed by atoms with Gasteiger partial charge in [-0.25, -0.2) is 9.59 Å². The molecule has 1 atom stereocenters. The van der Waals surface area contributed by atoms with E-state index in [1.54, 1.807) is 60.4 Å². The average molecular weight is 559 g/mol. The summed E-state index contributed by atoms with van der Waals surface area (Å²) in [6.07, 6.45) is -4.02. The Morgan fingerprint density at radius 3 is 2.26 bits per heavy atom. The quantitative estimate of drug-likeness (QED) is 0.221. The first-order valence-corrected chi connectivity index (χ1v) is 12.9. The van der Waals surface area contributed by atoms with Gasteiger partial charge in [-0.2, -0.15) is 13.2 Å². The Kier molecular flexibility index (Phi) is 13.2. The number of carboxylic acid groups (broad SMARTS) is 1. The van der Waals surface area contributed by atoms with Crippen LogP contribution in [-0.4, -0.2) is 60.6 Å². The zero-order valence-corrected chi connectivity index (χ0v) is 22.1. The van der Waals surface area contributed by atoms with E-state index in [-0.39, 0.29) is 32.0 Å². The first-order valence-electron chi connectivity index (χ1n) is 12.5. The Balaban J connectivity index is 1.89. The molecule has 0 radical (unpaired) electrons. The third kappa shape index (κ3) is 12.5. The van der Waals surface area contributed by atoms with Crippen molar-refractivity contribution in [3.8, 4) is 5.75 Å². The second-order valence-corrected chi connectivity index (χ2v) is 9.12. The summed E-state index contributed by atoms with van der Waals surface area (Å²) in [5.74, 6) is -0.466. The highest BCUT2D eigenvalue weighted by Gasteiger charge is 2.25. The number of carboxylic acids is 1. The Morgan fingerprint density at radius 1 is 1.00 bits per heavy atom. The highest BCUT2D eigenvalue weighted by atomic mass is 35.5. The maximum absolute atomic E-state index is 12.9. The second kappa shape index (κ2) is 16.1. The van der Waals surface area contributed by atoms with Crippen molar-refractivity contribution >= 4 is 29.3 Å². The Morgan fingerprint density at radius 2 is 1.66 bits per heavy atom. The van der Waals surface area contributed by atoms with Gasteiger partial charge < -0.3 is 24.8 Å². The lowest BCUT2D eigenvalue weighted by Crippen LogP contribution is -2.38. The molecule has 2 N–H and O–H groups in total. The van der Waals surface area contributed by atoms with Crippen LogP contribution in [0.2, 0.25) is 5.02 Å². The molecular formula is C27H34ClF3N2O5. The van der Waals surface area contributed by atoms with Crippen molar-refractivity contribution in [1.29, 1.82) is 0 Å². The predicted octanol–water partition coefficient (Wildman–Crippen LogP) is 6.80. The number of carbonyl (C=O) groups excluding carboxylic acids is 1. The lowest BCUT2D eigenvalue weighted by atomic mass is 10.1. The molecule has 0 spiro atoms. The van der Waals surface area contributed by atoms with Crippen LogP contribution in [0.25, 0.3) is 0 Å². The summed E-state index contributed by atoms with van der Waals surface area (Å²) in [5.41, 5.74) is 1.35. The first-order chi connectivity index (χ1) is 18.1. The Labute approximate surface area is 225 Å². The fraction of sp³-hybridized carbons (Fsp3) is 0.481. The molecule has 0 aliphatic carbocycles. The number of hydrogen-bond donors (Lipinski definition) is 2. The minimum Gasteiger partial charge on any atom is -0.492 e. The molecule has 0 aromatic heterocycles. The lowest BCUT2D eigenvalue weighted by molar-refractivity contribution is -0.150. The SMILES string of the molecule is CCOC(Cc1ccc(OCCN(CCCCCCC(F)(F)F)C(=O)Nc2ccc(Cl)cc2)cc1)C(=O)O. The van der Waals surface area contributed by atoms with Crippen LogP contribution in [0.3, 0.4) is 0 Å². The number of halogens is 4. The maximum atomic E-state index is 12.9. The van der Waals surface area contributed by atoms with Crippen LogP contribution in [0.5, 0.6) is 5.75 Å². The van der Waals surface area contributed by atoms with Gasteiger partial charge in [-0.05, 0) is 61.7 Å². The monoisotopic (exact) mass is 558 g/mol. The summed E-state index contributed by atoms with van der Waals surface area (Å²) >= 11 is 5.90. The van der Waals surface area contributed by atoms with Crippen LogP contribution in [0.15, 0.2) is 48.5 Å². The molecule has 2 amide bonds. The maximum Gasteiger partial charge on any atom is 0.389 e. The lowest BCUT2D eigenvalue weighted by Gasteiger charge is -2.23. The van der Waals surface area contributed by atoms with Crippen LogP contribution < -0.4 is 10.1 Å². The molecule has 0 heterocycles. The number of ether oxygens (including phenoxy) is 2. The number of urea groups is 1. The molecule has 11 heteroatoms. The van der Waals surface area contributed by atoms with E-state index in [0.29, 0.717) is 48.9 Å². The molecule has 0 aliphatic rings. The summed E-state index contributed by atoms with van der Waals surface area (Å²) in [6, 6.07) is 13.3. The summed E-state index contributed by atoms with van der Waals surface area (Å²) in [7, 11) is 0. The zero-order chi connectivity index (χ0) is 28.0. The molecule has 2 aromatic rings. The van der Waals surface area contributed by atoms with Crippen molar-refractivity contribution < 1.29 is 37.3 Å². The molecule has 0 saturated heterocycles. The normalized spacial score (nSPS) is 12.1. The van der Waals surface area contributed by atoms with Gasteiger partial charge in [0.25, 0.3) is 0 Å². The van der Waals surface area contributed by atoms with E-state index in [4.69, 9.17) is 21.1 Å². The van der Waals surface area contributed by atoms with E-state index in [9.17, 15) is 27.9 Å². The van der Waals surface area contributed by atoms with Gasteiger partial charge >= 0.3 is 18.2 Å². The van der Waals surface area contributed by atoms with Crippen molar-refractivity contribution in [3.63, 3.8) is 0 Å². The molecule has 0 saturated carbocycles. The third-order valence-corrected chi connectivity index (χ3v) is 5.89. The fourth-order valence-corrected chi connectivity index (χ4v) is 3.79. The summed E-state index contributed by atoms with van der Waals surface area (Å²) in [5, 5.41) is 12.6. The standard InChI is InChI=1S/C27H34ClF3N2O5/c1-2-37-24(25(34)35)19-20-7-13-23(14-8-20)38-18-17-33(16-6-4-3-5-15-27(29,30)31)26(36)32-22-11-9-21(28)10-12-22/h7-14,24H,2-6,15-19H2,1H3,(H,32,36)(H,34,35). The minimum absolute atomic E-state index is 0.0668. The molecule has 38 heavy (non-hydrogen) atoms. The van der Waals surface area contributed by atoms with Crippen LogP contribution >= 0.6 is 11.6 Å². The van der Waals surface area contributed by atoms with Crippen LogP contribution in [0, 0.1) is 0 Å². The predicted molar refractivity (Wildman–Crippen MR) is 140 cm³/mol. The number of anilines is 1. The smallest absolute Gasteiger partial charge is 0.389 e. The zero-order valence-electron chi connectivity index (χ0n) is 21.3. The van der Waals surface area contributed by atoms with Crippen LogP contribution in [-0.2, 0) is 16.0 Å². The molecule has 2 rings (SSSR count). The Bertz CT molecular complexity index is 988. The van der Waals surface area contributed by atoms with E-state index >= 15 is 0 Å². The number of nitrogens with one attached hydrogen (secondary N) is 1. The molecule has 0 bridgehead atoms. The van der Waals surface area contributed by atoms with Crippen LogP contribution in [0.4, 0.5) is 23.7 Å². The van der Waals surface area contributed by atoms with Gasteiger partial charge in [-0.15, -0.1) is 0 Å². The molecule has 0 aliphatic heterocycles. The van der Waals surface area contributed by atoms with E-state index in [1.165, 1.54) is 0 Å². The Hall–Kier alpha value is -2.98. The van der Waals surface area contributed by atoms with E-state index < -0.39 is 24.7 Å². The third-order valence-electron chi connectivity index (χ3n) is 5.64. The molecule has 210 valence electrons. The van der Waals surface area contributed by atoms with Gasteiger partial charge in [0.15, 0.2) is 6.10 Å². The number of benzene rings is 2. The number of alkyl halides is 3. The largest absolute Gasteiger partial charge is 0.492 e. The average Bonchev–Trinajstić information content (AvgIpc) is 2.86. The summed E-state index contributed by atoms with van der Waals surface area (Å²) < 4.78 is 48.0. The highest BCUT2D eigenvalue weighted by Crippen LogP contribution is 2.23. The molecule has 0 fully saturated rings. The number of hydrogen-bond acceptors (Lipinski definition) is 4. The van der Waals surface area contributed by atoms with Crippen molar-refractivity contribution in [2.75, 3.05) is 31.6 Å². The topological polar surface area (TPSA) is 88.1 Å². The molecule has 7 nitrogen and oxygen atoms in total. The van der Waals surface area contributed by atoms with Gasteiger partial charge in [0, 0.05) is 36.7 Å². The van der Waals surface area contributed by atoms with E-state index in [2.05, 4.69) is 5.32 Å². The number of aliphatic carboxylic acids is 1. The minimum atomic E-state index is -4.15. The van der Waals surface area contributed by atoms with E-state index in [0.717, 1.165) is 5.56 Å². The molecule has 2 aromatic carbocycles. The first kappa shape index (κ1) is 31.2. The van der Waals surface area contributed by atoms with Gasteiger partial charge in [0.05, 0.1) is 6.54 Å². The number of amides is 2. The van der Waals surface area contributed by atoms with Crippen molar-refractivity contribution in [1.82, 2.24) is 4.90 Å². The number of rotatable bonds is 16. The van der Waals surface area contributed by atoms with Crippen molar-refractivity contribution in [3.05, 3.63) is 59.1 Å². The fourth-order valence-electron chi connectivity index (χ4n) is 3.66. The van der Waals surface area contributed by atoms with Gasteiger partial charge in [0.2, 0.25) is 0 Å². The summed E-state index contributed by atoms with van der Waals surface area (Å²) in [6.45, 7) is 2.85. The van der Waals surface area contributed by atoms with Crippen LogP contribution in [0.1, 0.15) is 44.6 Å². The second-order valence-electron chi connectivity index (χ2n) is 8.68. The molecular weight excluding hydrogens is 525 g/mol. The van der Waals surface area contributed by atoms with Crippen molar-refractivity contribution in [2.24, 2.45) is 0 Å². The van der Waals surface area contributed by atoms with Gasteiger partial charge in [-0.1, -0.05) is 36.6 Å². The highest BCUT2D eigenvalue weighted by molar-refractivity contribution is 6.30. The van der Waals surface area contributed by atoms with Gasteiger partial charge in [-0.3, -0.25) is 0 Å². The number of nitrogens with zero attached hydrogens (tertiary/aromatic N) is 1. The number of carbonyl (C=O) groups is 2.